The summed E-state index contributed by atoms with van der Waals surface area (Å²) in [5.41, 5.74) is 3.34. The number of carboxylic acids is 1. The molecule has 18 heavy (non-hydrogen) atoms. The van der Waals surface area contributed by atoms with Crippen LogP contribution >= 0.6 is 0 Å². The van der Waals surface area contributed by atoms with Crippen LogP contribution in [0.2, 0.25) is 0 Å². The summed E-state index contributed by atoms with van der Waals surface area (Å²) in [5, 5.41) is 9.87. The molecule has 0 radical (unpaired) electrons. The molecule has 0 atom stereocenters. The molecule has 0 aliphatic carbocycles. The lowest BCUT2D eigenvalue weighted by molar-refractivity contribution is -0.137. The van der Waals surface area contributed by atoms with Crippen LogP contribution in [0.25, 0.3) is 10.9 Å². The van der Waals surface area contributed by atoms with Crippen LogP contribution in [0.3, 0.4) is 0 Å². The highest BCUT2D eigenvalue weighted by Gasteiger charge is 2.07. The van der Waals surface area contributed by atoms with Gasteiger partial charge in [0, 0.05) is 11.6 Å². The molecule has 0 saturated carbocycles. The fourth-order valence-electron chi connectivity index (χ4n) is 2.03. The molecule has 0 aliphatic heterocycles. The summed E-state index contributed by atoms with van der Waals surface area (Å²) in [6.07, 6.45) is 1.82. The smallest absolute Gasteiger partial charge is 0.323 e. The van der Waals surface area contributed by atoms with E-state index < -0.39 is 5.97 Å². The number of aromatic nitrogens is 1. The summed E-state index contributed by atoms with van der Waals surface area (Å²) >= 11 is 0. The predicted octanol–water partition coefficient (Wildman–Crippen LogP) is -0.131. The van der Waals surface area contributed by atoms with Crippen LogP contribution in [0, 0.1) is 13.8 Å². The van der Waals surface area contributed by atoms with Crippen LogP contribution in [0.5, 0.6) is 0 Å². The number of aliphatic carboxylic acids is 1. The third-order valence-corrected chi connectivity index (χ3v) is 2.50. The molecule has 0 spiro atoms. The second-order valence-electron chi connectivity index (χ2n) is 3.86. The molecule has 1 aromatic carbocycles. The Bertz CT molecular complexity index is 532. The lowest BCUT2D eigenvalue weighted by atomic mass is 10.1. The molecule has 0 bridgehead atoms. The van der Waals surface area contributed by atoms with Crippen molar-refractivity contribution in [1.82, 2.24) is 4.57 Å². The van der Waals surface area contributed by atoms with Gasteiger partial charge in [-0.3, -0.25) is 4.79 Å². The minimum absolute atomic E-state index is 0. The molecule has 2 aromatic rings. The molecule has 0 fully saturated rings. The Morgan fingerprint density at radius 3 is 2.39 bits per heavy atom. The number of nitrogens with zero attached hydrogens (tertiary/aromatic N) is 1. The predicted molar refractivity (Wildman–Crippen MR) is 69.9 cm³/mol. The Balaban J connectivity index is 0. The van der Waals surface area contributed by atoms with E-state index in [1.165, 1.54) is 5.56 Å². The van der Waals surface area contributed by atoms with Crippen LogP contribution in [0.1, 0.15) is 11.1 Å². The third-order valence-electron chi connectivity index (χ3n) is 2.50. The third kappa shape index (κ3) is 3.30. The highest BCUT2D eigenvalue weighted by Crippen LogP contribution is 2.21. The van der Waals surface area contributed by atoms with Crippen molar-refractivity contribution in [3.05, 3.63) is 35.5 Å². The number of aryl methyl sites for hydroxylation is 2. The SMILES string of the molecule is Cc1cc(C)c2c(ccn2CC(=O)O)c1.O.O.O. The first-order valence-electron chi connectivity index (χ1n) is 4.86. The lowest BCUT2D eigenvalue weighted by Crippen LogP contribution is -2.07. The Morgan fingerprint density at radius 1 is 1.22 bits per heavy atom. The minimum Gasteiger partial charge on any atom is -0.480 e. The fraction of sp³-hybridized carbons (Fsp3) is 0.250. The molecule has 0 amide bonds. The lowest BCUT2D eigenvalue weighted by Gasteiger charge is -2.05. The highest BCUT2D eigenvalue weighted by atomic mass is 16.4. The van der Waals surface area contributed by atoms with Gasteiger partial charge in [-0.25, -0.2) is 0 Å². The first-order valence-corrected chi connectivity index (χ1v) is 4.86. The molecule has 102 valence electrons. The summed E-state index contributed by atoms with van der Waals surface area (Å²) in [5.74, 6) is -0.813. The Kier molecular flexibility index (Phi) is 6.93. The number of rotatable bonds is 2. The molecular weight excluding hydrogens is 238 g/mol. The van der Waals surface area contributed by atoms with E-state index in [-0.39, 0.29) is 23.0 Å². The van der Waals surface area contributed by atoms with Crippen LogP contribution in [0.4, 0.5) is 0 Å². The molecule has 1 heterocycles. The molecule has 1 aromatic heterocycles. The van der Waals surface area contributed by atoms with Crippen molar-refractivity contribution in [2.24, 2.45) is 0 Å². The Morgan fingerprint density at radius 2 is 1.83 bits per heavy atom. The summed E-state index contributed by atoms with van der Waals surface area (Å²) in [6, 6.07) is 6.10. The summed E-state index contributed by atoms with van der Waals surface area (Å²) in [7, 11) is 0. The van der Waals surface area contributed by atoms with Crippen molar-refractivity contribution in [2.75, 3.05) is 0 Å². The van der Waals surface area contributed by atoms with Gasteiger partial charge in [-0.15, -0.1) is 0 Å². The quantitative estimate of drug-likeness (QED) is 0.801. The maximum absolute atomic E-state index is 10.7. The molecule has 7 N–H and O–H groups in total. The summed E-state index contributed by atoms with van der Waals surface area (Å²) in [6.45, 7) is 4.07. The van der Waals surface area contributed by atoms with Gasteiger partial charge in [0.25, 0.3) is 0 Å². The summed E-state index contributed by atoms with van der Waals surface area (Å²) in [4.78, 5) is 10.7. The second-order valence-corrected chi connectivity index (χ2v) is 3.86. The maximum atomic E-state index is 10.7. The van der Waals surface area contributed by atoms with Crippen molar-refractivity contribution in [2.45, 2.75) is 20.4 Å². The van der Waals surface area contributed by atoms with E-state index in [9.17, 15) is 4.79 Å². The van der Waals surface area contributed by atoms with Crippen molar-refractivity contribution >= 4 is 16.9 Å². The topological polar surface area (TPSA) is 137 Å². The van der Waals surface area contributed by atoms with Gasteiger partial charge in [0.05, 0.1) is 5.52 Å². The van der Waals surface area contributed by atoms with Gasteiger partial charge < -0.3 is 26.1 Å². The van der Waals surface area contributed by atoms with Gasteiger partial charge in [0.1, 0.15) is 6.54 Å². The average Bonchev–Trinajstić information content (AvgIpc) is 2.46. The molecule has 0 unspecified atom stereocenters. The van der Waals surface area contributed by atoms with Crippen molar-refractivity contribution in [3.8, 4) is 0 Å². The number of carboxylic acid groups (broad SMARTS) is 1. The monoisotopic (exact) mass is 257 g/mol. The van der Waals surface area contributed by atoms with E-state index in [0.29, 0.717) is 0 Å². The van der Waals surface area contributed by atoms with Gasteiger partial charge in [-0.2, -0.15) is 0 Å². The van der Waals surface area contributed by atoms with E-state index in [1.807, 2.05) is 26.1 Å². The summed E-state index contributed by atoms with van der Waals surface area (Å²) < 4.78 is 1.77. The zero-order valence-corrected chi connectivity index (χ0v) is 10.3. The van der Waals surface area contributed by atoms with Crippen LogP contribution in [-0.4, -0.2) is 32.1 Å². The van der Waals surface area contributed by atoms with Gasteiger partial charge in [0.15, 0.2) is 0 Å². The zero-order chi connectivity index (χ0) is 11.0. The van der Waals surface area contributed by atoms with E-state index >= 15 is 0 Å². The zero-order valence-electron chi connectivity index (χ0n) is 10.3. The molecule has 6 nitrogen and oxygen atoms in total. The second kappa shape index (κ2) is 6.75. The molecular formula is C12H19NO5. The van der Waals surface area contributed by atoms with E-state index in [0.717, 1.165) is 16.5 Å². The van der Waals surface area contributed by atoms with Crippen molar-refractivity contribution in [1.29, 1.82) is 0 Å². The largest absolute Gasteiger partial charge is 0.480 e. The first kappa shape index (κ1) is 18.5. The number of hydrogen-bond donors (Lipinski definition) is 1. The highest BCUT2D eigenvalue weighted by molar-refractivity contribution is 5.85. The van der Waals surface area contributed by atoms with Crippen LogP contribution < -0.4 is 0 Å². The minimum atomic E-state index is -0.813. The Hall–Kier alpha value is -1.89. The van der Waals surface area contributed by atoms with E-state index in [4.69, 9.17) is 5.11 Å². The maximum Gasteiger partial charge on any atom is 0.323 e. The van der Waals surface area contributed by atoms with Crippen LogP contribution in [0.15, 0.2) is 24.4 Å². The molecule has 6 heteroatoms. The van der Waals surface area contributed by atoms with Gasteiger partial charge >= 0.3 is 5.97 Å². The van der Waals surface area contributed by atoms with Crippen LogP contribution in [-0.2, 0) is 11.3 Å². The number of benzene rings is 1. The number of carbonyl (C=O) groups is 1. The fourth-order valence-corrected chi connectivity index (χ4v) is 2.03. The van der Waals surface area contributed by atoms with E-state index in [1.54, 1.807) is 4.57 Å². The molecule has 2 rings (SSSR count). The number of hydrogen-bond acceptors (Lipinski definition) is 1. The first-order chi connectivity index (χ1) is 7.08. The standard InChI is InChI=1S/C12H13NO2.3H2O/c1-8-5-9(2)12-10(6-8)3-4-13(12)7-11(14)15;;;/h3-6H,7H2,1-2H3,(H,14,15);3*1H2. The molecule has 0 saturated heterocycles. The van der Waals surface area contributed by atoms with Crippen molar-refractivity contribution < 1.29 is 26.3 Å². The van der Waals surface area contributed by atoms with E-state index in [2.05, 4.69) is 12.1 Å². The van der Waals surface area contributed by atoms with Gasteiger partial charge in [0.2, 0.25) is 0 Å². The van der Waals surface area contributed by atoms with Crippen molar-refractivity contribution in [3.63, 3.8) is 0 Å². The molecule has 0 aliphatic rings. The average molecular weight is 257 g/mol. The number of fused-ring (bicyclic) bond motifs is 1. The van der Waals surface area contributed by atoms with Gasteiger partial charge in [-0.1, -0.05) is 11.6 Å². The van der Waals surface area contributed by atoms with Gasteiger partial charge in [-0.05, 0) is 31.5 Å². The Labute approximate surface area is 104 Å². The normalized spacial score (nSPS) is 9.00.